The van der Waals surface area contributed by atoms with Gasteiger partial charge < -0.3 is 20.1 Å². The van der Waals surface area contributed by atoms with Crippen LogP contribution < -0.4 is 5.32 Å². The molecule has 0 spiro atoms. The second-order valence-electron chi connectivity index (χ2n) is 9.73. The van der Waals surface area contributed by atoms with Crippen molar-refractivity contribution < 1.29 is 24.2 Å². The summed E-state index contributed by atoms with van der Waals surface area (Å²) in [5.74, 6) is -1.38. The molecule has 0 bridgehead atoms. The number of nitrogens with zero attached hydrogens (tertiary/aromatic N) is 2. The largest absolute Gasteiger partial charge is 0.480 e. The topological polar surface area (TPSA) is 99.2 Å². The fourth-order valence-electron chi connectivity index (χ4n) is 5.79. The van der Waals surface area contributed by atoms with Crippen molar-refractivity contribution in [3.05, 3.63) is 59.7 Å². The molecule has 3 atom stereocenters. The van der Waals surface area contributed by atoms with E-state index in [9.17, 15) is 19.5 Å². The molecule has 2 aromatic rings. The number of carbonyl (C=O) groups is 3. The van der Waals surface area contributed by atoms with Gasteiger partial charge in [0.25, 0.3) is 0 Å². The quantitative estimate of drug-likeness (QED) is 0.687. The van der Waals surface area contributed by atoms with Crippen molar-refractivity contribution in [2.45, 2.75) is 37.3 Å². The molecule has 2 fully saturated rings. The summed E-state index contributed by atoms with van der Waals surface area (Å²) in [5, 5.41) is 12.4. The number of hydrogen-bond donors (Lipinski definition) is 2. The van der Waals surface area contributed by atoms with Gasteiger partial charge in [0.2, 0.25) is 5.91 Å². The number of benzene rings is 2. The number of likely N-dealkylation sites (N-methyl/N-ethyl adjacent to an activating group) is 1. The summed E-state index contributed by atoms with van der Waals surface area (Å²) < 4.78 is 5.68. The van der Waals surface area contributed by atoms with E-state index in [1.807, 2.05) is 24.3 Å². The summed E-state index contributed by atoms with van der Waals surface area (Å²) in [6, 6.07) is 15.4. The van der Waals surface area contributed by atoms with E-state index in [1.165, 1.54) is 11.1 Å². The van der Waals surface area contributed by atoms with E-state index in [0.29, 0.717) is 25.9 Å². The summed E-state index contributed by atoms with van der Waals surface area (Å²) in [5.41, 5.74) is 4.65. The highest BCUT2D eigenvalue weighted by atomic mass is 16.5. The van der Waals surface area contributed by atoms with Gasteiger partial charge in [-0.05, 0) is 42.1 Å². The molecule has 2 aliphatic carbocycles. The molecule has 1 heterocycles. The zero-order chi connectivity index (χ0) is 24.5. The van der Waals surface area contributed by atoms with Gasteiger partial charge >= 0.3 is 12.1 Å². The highest BCUT2D eigenvalue weighted by Crippen LogP contribution is 2.44. The van der Waals surface area contributed by atoms with Gasteiger partial charge in [-0.2, -0.15) is 0 Å². The Morgan fingerprint density at radius 1 is 1.00 bits per heavy atom. The maximum absolute atomic E-state index is 13.2. The van der Waals surface area contributed by atoms with Crippen LogP contribution in [0.1, 0.15) is 36.3 Å². The minimum Gasteiger partial charge on any atom is -0.480 e. The number of hydrogen-bond acceptors (Lipinski definition) is 5. The van der Waals surface area contributed by atoms with Crippen molar-refractivity contribution in [2.24, 2.45) is 5.92 Å². The van der Waals surface area contributed by atoms with Crippen LogP contribution in [0.25, 0.3) is 11.1 Å². The lowest BCUT2D eigenvalue weighted by atomic mass is 9.98. The number of fused-ring (bicyclic) bond motifs is 3. The first-order valence-electron chi connectivity index (χ1n) is 12.3. The van der Waals surface area contributed by atoms with Crippen molar-refractivity contribution >= 4 is 18.0 Å². The number of carboxylic acids is 1. The first-order valence-corrected chi connectivity index (χ1v) is 12.3. The number of alkyl carbamates (subject to hydrolysis) is 1. The summed E-state index contributed by atoms with van der Waals surface area (Å²) in [7, 11) is 1.76. The zero-order valence-electron chi connectivity index (χ0n) is 19.9. The molecule has 0 aromatic heterocycles. The third-order valence-electron chi connectivity index (χ3n) is 7.72. The van der Waals surface area contributed by atoms with Crippen LogP contribution >= 0.6 is 0 Å². The molecule has 1 saturated carbocycles. The Morgan fingerprint density at radius 3 is 2.31 bits per heavy atom. The van der Waals surface area contributed by atoms with Crippen molar-refractivity contribution in [1.82, 2.24) is 15.1 Å². The lowest BCUT2D eigenvalue weighted by molar-refractivity contribution is -0.149. The predicted molar refractivity (Wildman–Crippen MR) is 130 cm³/mol. The molecule has 8 heteroatoms. The first-order chi connectivity index (χ1) is 16.9. The molecular weight excluding hydrogens is 446 g/mol. The van der Waals surface area contributed by atoms with Crippen molar-refractivity contribution in [3.63, 3.8) is 0 Å². The predicted octanol–water partition coefficient (Wildman–Crippen LogP) is 2.92. The molecule has 35 heavy (non-hydrogen) atoms. The molecule has 2 N–H and O–H groups in total. The van der Waals surface area contributed by atoms with E-state index in [2.05, 4.69) is 29.6 Å². The Hall–Kier alpha value is -3.39. The fraction of sp³-hybridized carbons (Fsp3) is 0.444. The number of aliphatic carboxylic acids is 1. The van der Waals surface area contributed by atoms with Crippen LogP contribution in [0.4, 0.5) is 4.79 Å². The first kappa shape index (κ1) is 23.4. The Labute approximate surface area is 204 Å². The average molecular weight is 478 g/mol. The maximum atomic E-state index is 13.2. The third-order valence-corrected chi connectivity index (χ3v) is 7.72. The maximum Gasteiger partial charge on any atom is 0.407 e. The lowest BCUT2D eigenvalue weighted by Crippen LogP contribution is -2.58. The number of ether oxygens (including phenoxy) is 1. The van der Waals surface area contributed by atoms with E-state index in [1.54, 1.807) is 16.8 Å². The van der Waals surface area contributed by atoms with Crippen LogP contribution in [0.5, 0.6) is 0 Å². The van der Waals surface area contributed by atoms with Gasteiger partial charge in [0.05, 0.1) is 5.92 Å². The van der Waals surface area contributed by atoms with Gasteiger partial charge in [-0.15, -0.1) is 0 Å². The van der Waals surface area contributed by atoms with Crippen molar-refractivity contribution in [2.75, 3.05) is 33.3 Å². The molecule has 3 unspecified atom stereocenters. The highest BCUT2D eigenvalue weighted by molar-refractivity contribution is 5.83. The smallest absolute Gasteiger partial charge is 0.407 e. The van der Waals surface area contributed by atoms with E-state index >= 15 is 0 Å². The SMILES string of the molecule is CN1CCN(C(=O)C2CCCC2NC(=O)OCC2c3ccccc3-c3ccccc32)CC1C(=O)O. The minimum absolute atomic E-state index is 0.0209. The molecule has 184 valence electrons. The molecule has 0 radical (unpaired) electrons. The number of carbonyl (C=O) groups excluding carboxylic acids is 2. The van der Waals surface area contributed by atoms with E-state index < -0.39 is 18.1 Å². The average Bonchev–Trinajstić information content (AvgIpc) is 3.45. The summed E-state index contributed by atoms with van der Waals surface area (Å²) in [6.07, 6.45) is 1.70. The number of rotatable bonds is 5. The highest BCUT2D eigenvalue weighted by Gasteiger charge is 2.40. The zero-order valence-corrected chi connectivity index (χ0v) is 19.9. The Balaban J connectivity index is 1.20. The van der Waals surface area contributed by atoms with Gasteiger partial charge in [0.1, 0.15) is 12.6 Å². The molecular formula is C27H31N3O5. The molecule has 8 nitrogen and oxygen atoms in total. The van der Waals surface area contributed by atoms with Crippen molar-refractivity contribution in [3.8, 4) is 11.1 Å². The number of carboxylic acid groups (broad SMARTS) is 1. The van der Waals surface area contributed by atoms with Crippen LogP contribution in [0.2, 0.25) is 0 Å². The number of piperazine rings is 1. The summed E-state index contributed by atoms with van der Waals surface area (Å²) in [6.45, 7) is 1.40. The van der Waals surface area contributed by atoms with Crippen LogP contribution in [0.15, 0.2) is 48.5 Å². The molecule has 5 rings (SSSR count). The molecule has 1 aliphatic heterocycles. The second-order valence-corrected chi connectivity index (χ2v) is 9.73. The lowest BCUT2D eigenvalue weighted by Gasteiger charge is -2.38. The fourth-order valence-corrected chi connectivity index (χ4v) is 5.79. The molecule has 2 aromatic carbocycles. The molecule has 3 aliphatic rings. The number of nitrogens with one attached hydrogen (secondary N) is 1. The van der Waals surface area contributed by atoms with Crippen LogP contribution in [0, 0.1) is 5.92 Å². The van der Waals surface area contributed by atoms with Gasteiger partial charge in [-0.3, -0.25) is 14.5 Å². The molecule has 2 amide bonds. The van der Waals surface area contributed by atoms with Crippen LogP contribution in [-0.4, -0.2) is 78.2 Å². The van der Waals surface area contributed by atoms with E-state index in [0.717, 1.165) is 17.5 Å². The number of amides is 2. The standard InChI is InChI=1S/C27H31N3O5/c1-29-13-14-30(15-24(29)26(32)33)25(31)21-11-6-12-23(21)28-27(34)35-16-22-19-9-4-2-7-17(19)18-8-3-5-10-20(18)22/h2-5,7-10,21-24H,6,11-16H2,1H3,(H,28,34)(H,32,33). The minimum atomic E-state index is -0.926. The van der Waals surface area contributed by atoms with Gasteiger partial charge in [0.15, 0.2) is 0 Å². The Morgan fingerprint density at radius 2 is 1.66 bits per heavy atom. The van der Waals surface area contributed by atoms with Gasteiger partial charge in [-0.25, -0.2) is 4.79 Å². The Bertz CT molecular complexity index is 1090. The Kier molecular flexibility index (Phi) is 6.47. The third kappa shape index (κ3) is 4.50. The van der Waals surface area contributed by atoms with Crippen LogP contribution in [-0.2, 0) is 14.3 Å². The van der Waals surface area contributed by atoms with Gasteiger partial charge in [-0.1, -0.05) is 55.0 Å². The molecule has 1 saturated heterocycles. The normalized spacial score (nSPS) is 24.0. The van der Waals surface area contributed by atoms with Crippen LogP contribution in [0.3, 0.4) is 0 Å². The van der Waals surface area contributed by atoms with E-state index in [-0.39, 0.29) is 36.9 Å². The van der Waals surface area contributed by atoms with Crippen molar-refractivity contribution in [1.29, 1.82) is 0 Å². The monoisotopic (exact) mass is 477 g/mol. The van der Waals surface area contributed by atoms with E-state index in [4.69, 9.17) is 4.74 Å². The second kappa shape index (κ2) is 9.70. The summed E-state index contributed by atoms with van der Waals surface area (Å²) in [4.78, 5) is 40.9. The summed E-state index contributed by atoms with van der Waals surface area (Å²) >= 11 is 0. The van der Waals surface area contributed by atoms with Gasteiger partial charge in [0, 0.05) is 31.6 Å².